The van der Waals surface area contributed by atoms with Gasteiger partial charge in [-0.1, -0.05) is 158 Å². The predicted molar refractivity (Wildman–Crippen MR) is 292 cm³/mol. The molecule has 1 aliphatic carbocycles. The van der Waals surface area contributed by atoms with Gasteiger partial charge in [0, 0.05) is 50.9 Å². The highest BCUT2D eigenvalue weighted by Crippen LogP contribution is 2.62. The number of anilines is 8. The van der Waals surface area contributed by atoms with Crippen molar-refractivity contribution in [1.29, 1.82) is 0 Å². The monoisotopic (exact) mass is 892 g/mol. The van der Waals surface area contributed by atoms with Crippen molar-refractivity contribution in [2.24, 2.45) is 0 Å². The topological polar surface area (TPSA) is 9.72 Å². The van der Waals surface area contributed by atoms with E-state index in [1.165, 1.54) is 120 Å². The molecule has 5 heteroatoms. The highest BCUT2D eigenvalue weighted by atomic mass is 28.3. The molecule has 4 heterocycles. The van der Waals surface area contributed by atoms with Crippen molar-refractivity contribution in [2.75, 3.05) is 14.7 Å². The van der Waals surface area contributed by atoms with Gasteiger partial charge in [-0.2, -0.15) is 0 Å². The first kappa shape index (κ1) is 42.6. The Bertz CT molecular complexity index is 3050. The van der Waals surface area contributed by atoms with Gasteiger partial charge in [-0.15, -0.1) is 0 Å². The summed E-state index contributed by atoms with van der Waals surface area (Å²) in [6, 6.07) is 53.0. The average molecular weight is 892 g/mol. The van der Waals surface area contributed by atoms with E-state index in [0.717, 1.165) is 6.42 Å². The molecule has 0 spiro atoms. The number of fused-ring (bicyclic) bond motifs is 3. The standard InChI is InChI=1S/C62H66BN3Si/c1-39-32-50-57-54(34-39)67(11,12)55-35-40(2)33-51-58(55)63(57)56-52(64(50)45-25-21-43(22-26-45)59(3,4)5)37-47(38-53(56)65(51)46-27-23-44(24-28-46)60(6,7)8)66-49-29-20-42(41-18-14-13-15-19-41)36-48(49)61(9)30-16-17-31-62(61,66)10/h13-15,18-29,32-38H,16-17,30-31H2,1-12H3. The van der Waals surface area contributed by atoms with E-state index in [0.29, 0.717) is 0 Å². The van der Waals surface area contributed by atoms with Gasteiger partial charge in [0.05, 0.1) is 5.54 Å². The lowest BCUT2D eigenvalue weighted by Gasteiger charge is -2.52. The largest absolute Gasteiger partial charge is 0.334 e. The van der Waals surface area contributed by atoms with Crippen molar-refractivity contribution in [3.8, 4) is 11.1 Å². The lowest BCUT2D eigenvalue weighted by molar-refractivity contribution is 0.195. The SMILES string of the molecule is Cc1cc2c3c(c1)[Si](C)(C)c1cc(C)cc4c1B3c1c(cc(N3c5ccc(-c6ccccc6)cc5C5(C)CCCCC35C)cc1N4c1ccc(C(C)(C)C)cc1)N2c1ccc(C(C)(C)C)cc1. The third-order valence-electron chi connectivity index (χ3n) is 17.4. The van der Waals surface area contributed by atoms with E-state index in [1.54, 1.807) is 10.4 Å². The van der Waals surface area contributed by atoms with Crippen LogP contribution in [0.1, 0.15) is 109 Å². The van der Waals surface area contributed by atoms with Crippen LogP contribution in [0.2, 0.25) is 13.1 Å². The zero-order valence-electron chi connectivity index (χ0n) is 41.9. The average Bonchev–Trinajstić information content (AvgIpc) is 3.50. The molecule has 5 aliphatic rings. The molecule has 2 unspecified atom stereocenters. The molecule has 0 amide bonds. The number of benzene rings is 7. The Kier molecular flexibility index (Phi) is 8.98. The van der Waals surface area contributed by atoms with Gasteiger partial charge in [-0.25, -0.2) is 0 Å². The predicted octanol–water partition coefficient (Wildman–Crippen LogP) is 13.5. The van der Waals surface area contributed by atoms with E-state index in [-0.39, 0.29) is 28.5 Å². The fourth-order valence-corrected chi connectivity index (χ4v) is 16.9. The van der Waals surface area contributed by atoms with Gasteiger partial charge in [-0.05, 0) is 160 Å². The van der Waals surface area contributed by atoms with Crippen LogP contribution >= 0.6 is 0 Å². The molecule has 1 fully saturated rings. The third-order valence-corrected chi connectivity index (χ3v) is 20.9. The summed E-state index contributed by atoms with van der Waals surface area (Å²) in [4.78, 5) is 8.19. The van der Waals surface area contributed by atoms with E-state index in [2.05, 4.69) is 230 Å². The molecule has 67 heavy (non-hydrogen) atoms. The maximum atomic E-state index is 2.82. The van der Waals surface area contributed by atoms with Crippen LogP contribution in [-0.2, 0) is 16.2 Å². The zero-order chi connectivity index (χ0) is 46.7. The van der Waals surface area contributed by atoms with Crippen LogP contribution in [-0.4, -0.2) is 20.3 Å². The van der Waals surface area contributed by atoms with Crippen LogP contribution in [0.15, 0.2) is 133 Å². The molecule has 1 saturated carbocycles. The molecule has 7 aromatic carbocycles. The second-order valence-corrected chi connectivity index (χ2v) is 28.3. The Morgan fingerprint density at radius 3 is 1.49 bits per heavy atom. The number of aryl methyl sites for hydroxylation is 2. The minimum absolute atomic E-state index is 0.0275. The summed E-state index contributed by atoms with van der Waals surface area (Å²) >= 11 is 0. The Balaban J connectivity index is 1.19. The second kappa shape index (κ2) is 14.1. The first-order chi connectivity index (χ1) is 31.8. The molecule has 0 radical (unpaired) electrons. The molecular weight excluding hydrogens is 826 g/mol. The van der Waals surface area contributed by atoms with Gasteiger partial charge >= 0.3 is 0 Å². The van der Waals surface area contributed by atoms with Gasteiger partial charge in [-0.3, -0.25) is 0 Å². The zero-order valence-corrected chi connectivity index (χ0v) is 42.9. The van der Waals surface area contributed by atoms with Crippen LogP contribution in [0.25, 0.3) is 11.1 Å². The number of hydrogen-bond acceptors (Lipinski definition) is 3. The first-order valence-electron chi connectivity index (χ1n) is 25.1. The minimum Gasteiger partial charge on any atom is -0.334 e. The van der Waals surface area contributed by atoms with Crippen molar-refractivity contribution in [3.05, 3.63) is 161 Å². The second-order valence-electron chi connectivity index (χ2n) is 24.0. The molecule has 2 atom stereocenters. The quantitative estimate of drug-likeness (QED) is 0.163. The normalized spacial score (nSPS) is 20.7. The fraction of sp³-hybridized carbons (Fsp3) is 0.323. The molecule has 0 aromatic heterocycles. The Morgan fingerprint density at radius 2 is 0.985 bits per heavy atom. The smallest absolute Gasteiger partial charge is 0.251 e. The van der Waals surface area contributed by atoms with Crippen LogP contribution in [0.4, 0.5) is 45.5 Å². The molecule has 4 aliphatic heterocycles. The van der Waals surface area contributed by atoms with Crippen molar-refractivity contribution >= 4 is 87.0 Å². The Morgan fingerprint density at radius 1 is 0.493 bits per heavy atom. The summed E-state index contributed by atoms with van der Waals surface area (Å²) in [7, 11) is -2.20. The molecule has 0 bridgehead atoms. The van der Waals surface area contributed by atoms with Gasteiger partial charge in [0.25, 0.3) is 6.71 Å². The summed E-state index contributed by atoms with van der Waals surface area (Å²) in [5.41, 5.74) is 24.3. The first-order valence-corrected chi connectivity index (χ1v) is 28.1. The summed E-state index contributed by atoms with van der Waals surface area (Å²) in [5, 5.41) is 3.18. The van der Waals surface area contributed by atoms with E-state index in [1.807, 2.05) is 0 Å². The summed E-state index contributed by atoms with van der Waals surface area (Å²) in [5.74, 6) is 0. The van der Waals surface area contributed by atoms with Crippen molar-refractivity contribution in [1.82, 2.24) is 0 Å². The number of rotatable bonds is 4. The van der Waals surface area contributed by atoms with E-state index < -0.39 is 8.07 Å². The molecule has 7 aromatic rings. The van der Waals surface area contributed by atoms with Gasteiger partial charge in [0.2, 0.25) is 0 Å². The lowest BCUT2D eigenvalue weighted by Crippen LogP contribution is -2.79. The van der Waals surface area contributed by atoms with Crippen LogP contribution < -0.4 is 41.5 Å². The third kappa shape index (κ3) is 5.95. The maximum absolute atomic E-state index is 2.82. The molecule has 12 rings (SSSR count). The van der Waals surface area contributed by atoms with Crippen LogP contribution in [0.3, 0.4) is 0 Å². The van der Waals surface area contributed by atoms with Crippen LogP contribution in [0, 0.1) is 13.8 Å². The molecule has 0 saturated heterocycles. The summed E-state index contributed by atoms with van der Waals surface area (Å²) in [6.45, 7) is 29.1. The van der Waals surface area contributed by atoms with E-state index in [9.17, 15) is 0 Å². The lowest BCUT2D eigenvalue weighted by atomic mass is 9.33. The fourth-order valence-electron chi connectivity index (χ4n) is 13.5. The summed E-state index contributed by atoms with van der Waals surface area (Å²) in [6.07, 6.45) is 4.79. The van der Waals surface area contributed by atoms with Crippen molar-refractivity contribution in [2.45, 2.75) is 130 Å². The van der Waals surface area contributed by atoms with Gasteiger partial charge in [0.1, 0.15) is 8.07 Å². The van der Waals surface area contributed by atoms with Crippen LogP contribution in [0.5, 0.6) is 0 Å². The molecule has 3 nitrogen and oxygen atoms in total. The van der Waals surface area contributed by atoms with Crippen molar-refractivity contribution < 1.29 is 0 Å². The van der Waals surface area contributed by atoms with E-state index >= 15 is 0 Å². The highest BCUT2D eigenvalue weighted by molar-refractivity contribution is 7.16. The highest BCUT2D eigenvalue weighted by Gasteiger charge is 2.59. The number of nitrogens with zero attached hydrogens (tertiary/aromatic N) is 3. The molecule has 0 N–H and O–H groups in total. The number of hydrogen-bond donors (Lipinski definition) is 0. The van der Waals surface area contributed by atoms with E-state index in [4.69, 9.17) is 0 Å². The minimum atomic E-state index is -2.20. The van der Waals surface area contributed by atoms with Crippen molar-refractivity contribution in [3.63, 3.8) is 0 Å². The Hall–Kier alpha value is -5.78. The molecule has 336 valence electrons. The summed E-state index contributed by atoms with van der Waals surface area (Å²) < 4.78 is 0. The molecular formula is C62H66BN3Si. The van der Waals surface area contributed by atoms with Gasteiger partial charge < -0.3 is 14.7 Å². The maximum Gasteiger partial charge on any atom is 0.251 e. The van der Waals surface area contributed by atoms with Gasteiger partial charge in [0.15, 0.2) is 0 Å². The Labute approximate surface area is 402 Å².